The summed E-state index contributed by atoms with van der Waals surface area (Å²) in [6.45, 7) is 0. The van der Waals surface area contributed by atoms with Gasteiger partial charge in [0.15, 0.2) is 0 Å². The lowest BCUT2D eigenvalue weighted by atomic mass is 9.91. The molecule has 0 aliphatic rings. The molecular weight excluding hydrogens is 725 g/mol. The van der Waals surface area contributed by atoms with E-state index in [0.717, 1.165) is 28.3 Å². The van der Waals surface area contributed by atoms with Crippen LogP contribution in [-0.4, -0.2) is 4.57 Å². The minimum atomic E-state index is 1.08. The Morgan fingerprint density at radius 3 is 1.28 bits per heavy atom. The molecule has 60 heavy (non-hydrogen) atoms. The summed E-state index contributed by atoms with van der Waals surface area (Å²) in [4.78, 5) is 2.39. The zero-order chi connectivity index (χ0) is 39.8. The summed E-state index contributed by atoms with van der Waals surface area (Å²) >= 11 is 0. The third-order valence-electron chi connectivity index (χ3n) is 11.8. The van der Waals surface area contributed by atoms with E-state index in [1.165, 1.54) is 71.6 Å². The molecule has 282 valence electrons. The van der Waals surface area contributed by atoms with Crippen LogP contribution in [0.5, 0.6) is 0 Å². The van der Waals surface area contributed by atoms with Gasteiger partial charge in [-0.15, -0.1) is 0 Å². The lowest BCUT2D eigenvalue weighted by Gasteiger charge is -2.26. The van der Waals surface area contributed by atoms with Gasteiger partial charge < -0.3 is 9.47 Å². The molecular formula is C58H40N2. The van der Waals surface area contributed by atoms with Gasteiger partial charge in [-0.05, 0) is 110 Å². The summed E-state index contributed by atoms with van der Waals surface area (Å²) in [6.07, 6.45) is 0. The fourth-order valence-corrected chi connectivity index (χ4v) is 9.02. The number of anilines is 3. The lowest BCUT2D eigenvalue weighted by molar-refractivity contribution is 1.18. The van der Waals surface area contributed by atoms with E-state index in [-0.39, 0.29) is 0 Å². The first-order chi connectivity index (χ1) is 29.8. The Morgan fingerprint density at radius 1 is 0.283 bits per heavy atom. The number of rotatable bonds is 8. The van der Waals surface area contributed by atoms with Gasteiger partial charge in [0.2, 0.25) is 0 Å². The SMILES string of the molecule is c1ccc(-c2ccc(N(c3ccc(-c4cccc5cccc(-c6ccccc6)c45)cc3)c3ccc4c5c(-c6ccccc6)cccc5n(-c5ccccc5)c4c3)cc2)cc1. The van der Waals surface area contributed by atoms with Crippen molar-refractivity contribution in [2.75, 3.05) is 4.90 Å². The third-order valence-corrected chi connectivity index (χ3v) is 11.8. The van der Waals surface area contributed by atoms with Gasteiger partial charge in [0, 0.05) is 33.5 Å². The number of hydrogen-bond donors (Lipinski definition) is 0. The quantitative estimate of drug-likeness (QED) is 0.150. The van der Waals surface area contributed by atoms with Crippen molar-refractivity contribution >= 4 is 49.6 Å². The second-order valence-electron chi connectivity index (χ2n) is 15.3. The predicted octanol–water partition coefficient (Wildman–Crippen LogP) is 16.1. The average Bonchev–Trinajstić information content (AvgIpc) is 3.67. The Hall–Kier alpha value is -7.94. The standard InChI is InChI=1S/C58H40N2/c1-5-16-41(17-6-1)42-30-34-48(35-31-42)59(49-36-32-45(33-37-49)52-27-14-23-46-22-13-26-51(57(46)52)43-18-7-2-8-19-43)50-38-39-54-56(40-50)60(47-24-11-4-12-25-47)55-29-15-28-53(58(54)55)44-20-9-3-10-21-44/h1-40H. The number of aromatic nitrogens is 1. The molecule has 2 nitrogen and oxygen atoms in total. The smallest absolute Gasteiger partial charge is 0.0562 e. The van der Waals surface area contributed by atoms with E-state index < -0.39 is 0 Å². The molecule has 0 aliphatic carbocycles. The molecule has 10 aromatic carbocycles. The number of hydrogen-bond acceptors (Lipinski definition) is 1. The van der Waals surface area contributed by atoms with Crippen LogP contribution in [0.3, 0.4) is 0 Å². The van der Waals surface area contributed by atoms with Gasteiger partial charge in [-0.2, -0.15) is 0 Å². The molecule has 0 unspecified atom stereocenters. The summed E-state index contributed by atoms with van der Waals surface area (Å²) in [6, 6.07) is 87.8. The van der Waals surface area contributed by atoms with Gasteiger partial charge in [-0.25, -0.2) is 0 Å². The van der Waals surface area contributed by atoms with Crippen LogP contribution in [0.15, 0.2) is 243 Å². The Labute approximate surface area is 350 Å². The summed E-state index contributed by atoms with van der Waals surface area (Å²) in [5.41, 5.74) is 16.4. The number of benzene rings is 10. The highest BCUT2D eigenvalue weighted by atomic mass is 15.1. The molecule has 0 radical (unpaired) electrons. The summed E-state index contributed by atoms with van der Waals surface area (Å²) in [5, 5.41) is 4.97. The Morgan fingerprint density at radius 2 is 0.717 bits per heavy atom. The van der Waals surface area contributed by atoms with Gasteiger partial charge in [0.1, 0.15) is 0 Å². The second kappa shape index (κ2) is 15.1. The molecule has 0 bridgehead atoms. The molecule has 0 saturated carbocycles. The van der Waals surface area contributed by atoms with Crippen molar-refractivity contribution < 1.29 is 0 Å². The second-order valence-corrected chi connectivity index (χ2v) is 15.3. The molecule has 0 spiro atoms. The van der Waals surface area contributed by atoms with Gasteiger partial charge in [0.05, 0.1) is 11.0 Å². The van der Waals surface area contributed by atoms with Crippen LogP contribution >= 0.6 is 0 Å². The van der Waals surface area contributed by atoms with Crippen LogP contribution in [0.4, 0.5) is 17.1 Å². The number of fused-ring (bicyclic) bond motifs is 4. The van der Waals surface area contributed by atoms with E-state index in [2.05, 4.69) is 252 Å². The van der Waals surface area contributed by atoms with Crippen LogP contribution in [0.25, 0.3) is 82.8 Å². The first-order valence-electron chi connectivity index (χ1n) is 20.6. The third kappa shape index (κ3) is 6.23. The van der Waals surface area contributed by atoms with Crippen LogP contribution < -0.4 is 4.90 Å². The van der Waals surface area contributed by atoms with E-state index in [4.69, 9.17) is 0 Å². The van der Waals surface area contributed by atoms with Gasteiger partial charge in [0.25, 0.3) is 0 Å². The topological polar surface area (TPSA) is 8.17 Å². The number of nitrogens with zero attached hydrogens (tertiary/aromatic N) is 2. The van der Waals surface area contributed by atoms with Crippen LogP contribution in [0.1, 0.15) is 0 Å². The lowest BCUT2D eigenvalue weighted by Crippen LogP contribution is -2.10. The van der Waals surface area contributed by atoms with Crippen LogP contribution in [0, 0.1) is 0 Å². The molecule has 0 fully saturated rings. The molecule has 11 rings (SSSR count). The van der Waals surface area contributed by atoms with Crippen LogP contribution in [0.2, 0.25) is 0 Å². The van der Waals surface area contributed by atoms with Crippen molar-refractivity contribution in [3.8, 4) is 50.2 Å². The van der Waals surface area contributed by atoms with Crippen molar-refractivity contribution in [1.82, 2.24) is 4.57 Å². The van der Waals surface area contributed by atoms with E-state index in [9.17, 15) is 0 Å². The van der Waals surface area contributed by atoms with E-state index in [0.29, 0.717) is 0 Å². The predicted molar refractivity (Wildman–Crippen MR) is 255 cm³/mol. The minimum Gasteiger partial charge on any atom is -0.310 e. The van der Waals surface area contributed by atoms with Crippen LogP contribution in [-0.2, 0) is 0 Å². The summed E-state index contributed by atoms with van der Waals surface area (Å²) in [7, 11) is 0. The maximum absolute atomic E-state index is 2.42. The van der Waals surface area contributed by atoms with E-state index >= 15 is 0 Å². The normalized spacial score (nSPS) is 11.3. The molecule has 0 aliphatic heterocycles. The van der Waals surface area contributed by atoms with E-state index in [1.54, 1.807) is 0 Å². The van der Waals surface area contributed by atoms with Crippen molar-refractivity contribution in [3.05, 3.63) is 243 Å². The fourth-order valence-electron chi connectivity index (χ4n) is 9.02. The van der Waals surface area contributed by atoms with Crippen molar-refractivity contribution in [1.29, 1.82) is 0 Å². The molecule has 2 heteroatoms. The largest absolute Gasteiger partial charge is 0.310 e. The Bertz CT molecular complexity index is 3260. The van der Waals surface area contributed by atoms with E-state index in [1.807, 2.05) is 0 Å². The molecule has 11 aromatic rings. The molecule has 1 heterocycles. The number of para-hydroxylation sites is 1. The highest BCUT2D eigenvalue weighted by Gasteiger charge is 2.20. The van der Waals surface area contributed by atoms with Gasteiger partial charge in [-0.3, -0.25) is 0 Å². The summed E-state index contributed by atoms with van der Waals surface area (Å²) < 4.78 is 2.42. The Balaban J connectivity index is 1.10. The average molecular weight is 765 g/mol. The first-order valence-corrected chi connectivity index (χ1v) is 20.6. The maximum Gasteiger partial charge on any atom is 0.0562 e. The zero-order valence-corrected chi connectivity index (χ0v) is 33.0. The highest BCUT2D eigenvalue weighted by Crippen LogP contribution is 2.44. The molecule has 0 amide bonds. The van der Waals surface area contributed by atoms with Crippen molar-refractivity contribution in [2.45, 2.75) is 0 Å². The highest BCUT2D eigenvalue weighted by molar-refractivity contribution is 6.16. The Kier molecular flexibility index (Phi) is 8.87. The zero-order valence-electron chi connectivity index (χ0n) is 33.0. The van der Waals surface area contributed by atoms with Crippen molar-refractivity contribution in [3.63, 3.8) is 0 Å². The molecule has 1 aromatic heterocycles. The monoisotopic (exact) mass is 764 g/mol. The molecule has 0 saturated heterocycles. The van der Waals surface area contributed by atoms with Gasteiger partial charge >= 0.3 is 0 Å². The minimum absolute atomic E-state index is 1.08. The van der Waals surface area contributed by atoms with Crippen molar-refractivity contribution in [2.24, 2.45) is 0 Å². The maximum atomic E-state index is 2.42. The first kappa shape index (κ1) is 35.2. The molecule has 0 atom stereocenters. The summed E-state index contributed by atoms with van der Waals surface area (Å²) in [5.74, 6) is 0. The molecule has 0 N–H and O–H groups in total. The fraction of sp³-hybridized carbons (Fsp3) is 0. The van der Waals surface area contributed by atoms with Gasteiger partial charge in [-0.1, -0.05) is 188 Å².